The maximum atomic E-state index is 6.79. The summed E-state index contributed by atoms with van der Waals surface area (Å²) in [7, 11) is 0. The van der Waals surface area contributed by atoms with E-state index in [2.05, 4.69) is 170 Å². The molecule has 268 valence electrons. The molecule has 1 unspecified atom stereocenters. The predicted molar refractivity (Wildman–Crippen MR) is 233 cm³/mol. The Hall–Kier alpha value is -7.43. The number of fused-ring (bicyclic) bond motifs is 5. The zero-order chi connectivity index (χ0) is 37.7. The van der Waals surface area contributed by atoms with Gasteiger partial charge in [-0.2, -0.15) is 0 Å². The number of benzene rings is 8. The van der Waals surface area contributed by atoms with E-state index in [-0.39, 0.29) is 5.92 Å². The second-order valence-corrected chi connectivity index (χ2v) is 14.7. The lowest BCUT2D eigenvalue weighted by molar-refractivity contribution is 0.670. The van der Waals surface area contributed by atoms with Crippen molar-refractivity contribution in [2.75, 3.05) is 0 Å². The van der Waals surface area contributed by atoms with Gasteiger partial charge in [-0.05, 0) is 67.6 Å². The van der Waals surface area contributed by atoms with Gasteiger partial charge in [0, 0.05) is 33.4 Å². The first-order chi connectivity index (χ1) is 28.2. The molecule has 0 radical (unpaired) electrons. The molecule has 2 aromatic heterocycles. The van der Waals surface area contributed by atoms with E-state index in [0.717, 1.165) is 62.0 Å². The maximum absolute atomic E-state index is 6.79. The summed E-state index contributed by atoms with van der Waals surface area (Å²) in [6.07, 6.45) is 3.05. The minimum Gasteiger partial charge on any atom is -0.455 e. The summed E-state index contributed by atoms with van der Waals surface area (Å²) in [6, 6.07) is 66.0. The summed E-state index contributed by atoms with van der Waals surface area (Å²) in [4.78, 5) is 15.5. The molecular weight excluding hydrogens is 695 g/mol. The third-order valence-corrected chi connectivity index (χ3v) is 11.3. The lowest BCUT2D eigenvalue weighted by Crippen LogP contribution is -2.32. The largest absolute Gasteiger partial charge is 0.455 e. The molecule has 1 atom stereocenters. The molecule has 1 aliphatic rings. The van der Waals surface area contributed by atoms with Crippen molar-refractivity contribution in [3.8, 4) is 45.0 Å². The molecule has 0 saturated carbocycles. The van der Waals surface area contributed by atoms with Gasteiger partial charge in [-0.3, -0.25) is 0 Å². The van der Waals surface area contributed by atoms with E-state index in [9.17, 15) is 0 Å². The minimum atomic E-state index is -0.0933. The molecule has 4 nitrogen and oxygen atoms in total. The van der Waals surface area contributed by atoms with Gasteiger partial charge in [-0.1, -0.05) is 182 Å². The van der Waals surface area contributed by atoms with Crippen molar-refractivity contribution in [3.05, 3.63) is 210 Å². The number of aromatic nitrogens is 3. The summed E-state index contributed by atoms with van der Waals surface area (Å²) >= 11 is 0. The zero-order valence-electron chi connectivity index (χ0n) is 31.0. The second-order valence-electron chi connectivity index (χ2n) is 14.7. The molecular formula is C53H35N3O. The molecule has 0 bridgehead atoms. The molecule has 0 fully saturated rings. The molecule has 10 aromatic rings. The highest BCUT2D eigenvalue weighted by molar-refractivity contribution is 6.14. The number of rotatable bonds is 6. The molecule has 11 rings (SSSR count). The van der Waals surface area contributed by atoms with Crippen LogP contribution in [0, 0.1) is 0 Å². The summed E-state index contributed by atoms with van der Waals surface area (Å²) in [6.45, 7) is 0. The van der Waals surface area contributed by atoms with Crippen molar-refractivity contribution < 1.29 is 4.42 Å². The number of furan rings is 1. The van der Waals surface area contributed by atoms with Gasteiger partial charge in [0.2, 0.25) is 0 Å². The average molecular weight is 730 g/mol. The van der Waals surface area contributed by atoms with Crippen LogP contribution >= 0.6 is 0 Å². The summed E-state index contributed by atoms with van der Waals surface area (Å²) in [5, 5.41) is 7.05. The highest BCUT2D eigenvalue weighted by Gasteiger charge is 2.25. The van der Waals surface area contributed by atoms with Crippen molar-refractivity contribution >= 4 is 44.4 Å². The van der Waals surface area contributed by atoms with Crippen molar-refractivity contribution in [1.29, 1.82) is 0 Å². The van der Waals surface area contributed by atoms with Crippen LogP contribution in [0.5, 0.6) is 0 Å². The molecule has 0 saturated heterocycles. The normalized spacial score (nSPS) is 13.8. The lowest BCUT2D eigenvalue weighted by atomic mass is 9.85. The van der Waals surface area contributed by atoms with Gasteiger partial charge in [-0.15, -0.1) is 0 Å². The lowest BCUT2D eigenvalue weighted by Gasteiger charge is -2.21. The van der Waals surface area contributed by atoms with Crippen LogP contribution in [-0.2, 0) is 0 Å². The van der Waals surface area contributed by atoms with Crippen LogP contribution in [0.3, 0.4) is 0 Å². The quantitative estimate of drug-likeness (QED) is 0.171. The van der Waals surface area contributed by atoms with Crippen LogP contribution in [0.1, 0.15) is 23.7 Å². The second kappa shape index (κ2) is 13.7. The molecule has 0 amide bonds. The Balaban J connectivity index is 1.05. The average Bonchev–Trinajstić information content (AvgIpc) is 3.68. The first-order valence-electron chi connectivity index (χ1n) is 19.4. The SMILES string of the molecule is C1=c2ccccc2=C(c2cccc3oc4c(-c5ccc6ccccc6c5)cccc4c23)CC1c1nc(-c2ccccc2)nc(-c2ccc(-c3ccccc3)cc2)n1. The van der Waals surface area contributed by atoms with E-state index < -0.39 is 0 Å². The zero-order valence-corrected chi connectivity index (χ0v) is 31.0. The fraction of sp³-hybridized carbons (Fsp3) is 0.0377. The van der Waals surface area contributed by atoms with Gasteiger partial charge in [0.25, 0.3) is 0 Å². The van der Waals surface area contributed by atoms with Gasteiger partial charge < -0.3 is 4.42 Å². The van der Waals surface area contributed by atoms with E-state index in [4.69, 9.17) is 19.4 Å². The minimum absolute atomic E-state index is 0.0933. The monoisotopic (exact) mass is 729 g/mol. The van der Waals surface area contributed by atoms with Gasteiger partial charge in [0.05, 0.1) is 0 Å². The topological polar surface area (TPSA) is 51.8 Å². The number of hydrogen-bond acceptors (Lipinski definition) is 4. The van der Waals surface area contributed by atoms with Crippen molar-refractivity contribution in [3.63, 3.8) is 0 Å². The third kappa shape index (κ3) is 5.90. The summed E-state index contributed by atoms with van der Waals surface area (Å²) < 4.78 is 6.79. The van der Waals surface area contributed by atoms with Crippen molar-refractivity contribution in [2.24, 2.45) is 0 Å². The molecule has 4 heteroatoms. The Kier molecular flexibility index (Phi) is 7.92. The molecule has 0 spiro atoms. The van der Waals surface area contributed by atoms with Gasteiger partial charge in [-0.25, -0.2) is 15.0 Å². The third-order valence-electron chi connectivity index (χ3n) is 11.3. The molecule has 8 aromatic carbocycles. The first-order valence-corrected chi connectivity index (χ1v) is 19.4. The molecule has 1 aliphatic carbocycles. The maximum Gasteiger partial charge on any atom is 0.163 e. The fourth-order valence-corrected chi connectivity index (χ4v) is 8.47. The highest BCUT2D eigenvalue weighted by atomic mass is 16.3. The predicted octanol–water partition coefficient (Wildman–Crippen LogP) is 11.8. The number of hydrogen-bond donors (Lipinski definition) is 0. The smallest absolute Gasteiger partial charge is 0.163 e. The van der Waals surface area contributed by atoms with Crippen molar-refractivity contribution in [1.82, 2.24) is 15.0 Å². The molecule has 2 heterocycles. The standard InChI is InChI=1S/C53H35N3O/c1-3-13-34(14-4-1)36-25-28-38(29-26-36)52-54-51(37-16-5-2-6-17-37)55-53(56-52)42-32-40-19-9-10-20-43(40)47(33-42)45-22-12-24-48-49(45)46-23-11-21-44(50(46)57-48)41-30-27-35-15-7-8-18-39(35)31-41/h1-32,42H,33H2. The van der Waals surface area contributed by atoms with E-state index >= 15 is 0 Å². The molecule has 0 N–H and O–H groups in total. The van der Waals surface area contributed by atoms with Crippen LogP contribution in [0.15, 0.2) is 192 Å². The van der Waals surface area contributed by atoms with Gasteiger partial charge in [0.1, 0.15) is 17.0 Å². The molecule has 0 aliphatic heterocycles. The summed E-state index contributed by atoms with van der Waals surface area (Å²) in [5.74, 6) is 1.99. The van der Waals surface area contributed by atoms with Crippen LogP contribution in [-0.4, -0.2) is 15.0 Å². The van der Waals surface area contributed by atoms with Crippen molar-refractivity contribution in [2.45, 2.75) is 12.3 Å². The highest BCUT2D eigenvalue weighted by Crippen LogP contribution is 2.41. The number of nitrogens with zero attached hydrogens (tertiary/aromatic N) is 3. The van der Waals surface area contributed by atoms with Crippen LogP contribution in [0.2, 0.25) is 0 Å². The van der Waals surface area contributed by atoms with Crippen LogP contribution in [0.25, 0.3) is 89.4 Å². The van der Waals surface area contributed by atoms with Gasteiger partial charge >= 0.3 is 0 Å². The van der Waals surface area contributed by atoms with Crippen LogP contribution < -0.4 is 10.4 Å². The van der Waals surface area contributed by atoms with Gasteiger partial charge in [0.15, 0.2) is 11.6 Å². The Bertz CT molecular complexity index is 3260. The Labute approximate surface area is 329 Å². The van der Waals surface area contributed by atoms with E-state index in [1.165, 1.54) is 37.9 Å². The Morgan fingerprint density at radius 1 is 0.456 bits per heavy atom. The Morgan fingerprint density at radius 3 is 1.88 bits per heavy atom. The number of para-hydroxylation sites is 1. The Morgan fingerprint density at radius 2 is 1.07 bits per heavy atom. The van der Waals surface area contributed by atoms with Crippen LogP contribution in [0.4, 0.5) is 0 Å². The van der Waals surface area contributed by atoms with E-state index in [1.807, 2.05) is 24.3 Å². The molecule has 57 heavy (non-hydrogen) atoms. The first kappa shape index (κ1) is 33.0. The van der Waals surface area contributed by atoms with E-state index in [1.54, 1.807) is 0 Å². The van der Waals surface area contributed by atoms with E-state index in [0.29, 0.717) is 11.6 Å². The fourth-order valence-electron chi connectivity index (χ4n) is 8.47. The summed E-state index contributed by atoms with van der Waals surface area (Å²) in [5.41, 5.74) is 10.7.